The largest absolute Gasteiger partial charge is 0.484 e. The van der Waals surface area contributed by atoms with Crippen LogP contribution < -0.4 is 10.1 Å². The maximum atomic E-state index is 14.0. The average molecular weight is 356 g/mol. The van der Waals surface area contributed by atoms with Crippen LogP contribution in [0.3, 0.4) is 0 Å². The topological polar surface area (TPSA) is 39.1 Å². The fourth-order valence-corrected chi connectivity index (χ4v) is 2.47. The molecule has 0 saturated carbocycles. The first kappa shape index (κ1) is 16.0. The zero-order chi connectivity index (χ0) is 15.4. The summed E-state index contributed by atoms with van der Waals surface area (Å²) < 4.78 is 22.2. The molecule has 0 unspecified atom stereocenters. The van der Waals surface area contributed by atoms with Crippen molar-refractivity contribution in [3.05, 3.63) is 45.4 Å². The second-order valence-electron chi connectivity index (χ2n) is 4.80. The van der Waals surface area contributed by atoms with Crippen LogP contribution in [-0.2, 0) is 20.2 Å². The van der Waals surface area contributed by atoms with Crippen LogP contribution in [-0.4, -0.2) is 16.3 Å². The minimum absolute atomic E-state index is 0.251. The first-order chi connectivity index (χ1) is 10.0. The molecule has 2 rings (SSSR count). The van der Waals surface area contributed by atoms with Gasteiger partial charge in [-0.2, -0.15) is 5.10 Å². The maximum Gasteiger partial charge on any atom is 0.165 e. The van der Waals surface area contributed by atoms with E-state index in [9.17, 15) is 4.39 Å². The second kappa shape index (κ2) is 7.04. The number of nitrogens with one attached hydrogen (secondary N) is 1. The Morgan fingerprint density at radius 2 is 2.19 bits per heavy atom. The van der Waals surface area contributed by atoms with Gasteiger partial charge in [0, 0.05) is 13.6 Å². The average Bonchev–Trinajstić information content (AvgIpc) is 2.69. The number of rotatable bonds is 6. The molecule has 1 heterocycles. The number of benzene rings is 1. The first-order valence-corrected chi connectivity index (χ1v) is 7.62. The molecular formula is C15H19BrFN3O. The lowest BCUT2D eigenvalue weighted by molar-refractivity contribution is 0.279. The van der Waals surface area contributed by atoms with E-state index in [0.717, 1.165) is 28.0 Å². The van der Waals surface area contributed by atoms with Crippen molar-refractivity contribution in [2.24, 2.45) is 7.05 Å². The summed E-state index contributed by atoms with van der Waals surface area (Å²) in [5, 5.41) is 7.44. The number of hydrogen-bond donors (Lipinski definition) is 1. The number of aromatic nitrogens is 2. The van der Waals surface area contributed by atoms with Gasteiger partial charge in [0.25, 0.3) is 0 Å². The third-order valence-corrected chi connectivity index (χ3v) is 4.23. The van der Waals surface area contributed by atoms with Gasteiger partial charge in [-0.25, -0.2) is 4.39 Å². The Labute approximate surface area is 132 Å². The van der Waals surface area contributed by atoms with E-state index in [1.165, 1.54) is 6.07 Å². The second-order valence-corrected chi connectivity index (χ2v) is 5.60. The molecule has 0 fully saturated rings. The molecule has 1 aromatic carbocycles. The third kappa shape index (κ3) is 3.83. The molecule has 1 N–H and O–H groups in total. The number of nitrogens with zero attached hydrogens (tertiary/aromatic N) is 2. The molecule has 0 radical (unpaired) electrons. The van der Waals surface area contributed by atoms with E-state index in [0.29, 0.717) is 6.54 Å². The van der Waals surface area contributed by atoms with Gasteiger partial charge in [-0.05, 0) is 47.1 Å². The van der Waals surface area contributed by atoms with Crippen molar-refractivity contribution < 1.29 is 9.13 Å². The van der Waals surface area contributed by atoms with E-state index in [-0.39, 0.29) is 18.2 Å². The van der Waals surface area contributed by atoms with Gasteiger partial charge in [-0.3, -0.25) is 4.68 Å². The normalized spacial score (nSPS) is 10.9. The molecule has 0 saturated heterocycles. The summed E-state index contributed by atoms with van der Waals surface area (Å²) in [4.78, 5) is 0. The van der Waals surface area contributed by atoms with E-state index in [2.05, 4.69) is 26.3 Å². The summed E-state index contributed by atoms with van der Waals surface area (Å²) >= 11 is 3.47. The third-order valence-electron chi connectivity index (χ3n) is 3.20. The van der Waals surface area contributed by atoms with Crippen molar-refractivity contribution in [2.45, 2.75) is 27.0 Å². The summed E-state index contributed by atoms with van der Waals surface area (Å²) in [6, 6.07) is 5.03. The van der Waals surface area contributed by atoms with Gasteiger partial charge in [0.1, 0.15) is 6.61 Å². The van der Waals surface area contributed by atoms with E-state index >= 15 is 0 Å². The molecule has 0 aliphatic heterocycles. The zero-order valence-corrected chi connectivity index (χ0v) is 14.0. The zero-order valence-electron chi connectivity index (χ0n) is 12.4. The van der Waals surface area contributed by atoms with Crippen LogP contribution in [0.4, 0.5) is 4.39 Å². The molecule has 114 valence electrons. The van der Waals surface area contributed by atoms with Crippen molar-refractivity contribution in [1.82, 2.24) is 15.1 Å². The molecular weight excluding hydrogens is 337 g/mol. The lowest BCUT2D eigenvalue weighted by atomic mass is 10.2. The highest BCUT2D eigenvalue weighted by Gasteiger charge is 2.12. The highest BCUT2D eigenvalue weighted by atomic mass is 79.9. The molecule has 2 aromatic rings. The summed E-state index contributed by atoms with van der Waals surface area (Å²) in [6.45, 7) is 5.70. The van der Waals surface area contributed by atoms with Crippen LogP contribution in [0.2, 0.25) is 0 Å². The van der Waals surface area contributed by atoms with Crippen LogP contribution in [0.25, 0.3) is 0 Å². The van der Waals surface area contributed by atoms with Crippen LogP contribution in [0.5, 0.6) is 5.75 Å². The Hall–Kier alpha value is -1.40. The van der Waals surface area contributed by atoms with Gasteiger partial charge in [-0.1, -0.05) is 13.0 Å². The van der Waals surface area contributed by atoms with Crippen molar-refractivity contribution in [2.75, 3.05) is 6.54 Å². The summed E-state index contributed by atoms with van der Waals surface area (Å²) in [5.41, 5.74) is 2.67. The van der Waals surface area contributed by atoms with Crippen molar-refractivity contribution in [3.63, 3.8) is 0 Å². The molecule has 6 heteroatoms. The molecule has 4 nitrogen and oxygen atoms in total. The van der Waals surface area contributed by atoms with E-state index in [1.807, 2.05) is 27.0 Å². The Kier molecular flexibility index (Phi) is 5.36. The quantitative estimate of drug-likeness (QED) is 0.863. The molecule has 0 aliphatic carbocycles. The van der Waals surface area contributed by atoms with Gasteiger partial charge in [0.05, 0.1) is 15.9 Å². The molecule has 21 heavy (non-hydrogen) atoms. The van der Waals surface area contributed by atoms with Gasteiger partial charge < -0.3 is 10.1 Å². The highest BCUT2D eigenvalue weighted by molar-refractivity contribution is 9.10. The maximum absolute atomic E-state index is 14.0. The predicted molar refractivity (Wildman–Crippen MR) is 83.8 cm³/mol. The van der Waals surface area contributed by atoms with E-state index in [1.54, 1.807) is 10.7 Å². The Bertz CT molecular complexity index is 628. The van der Waals surface area contributed by atoms with Gasteiger partial charge >= 0.3 is 0 Å². The SMILES string of the molecule is CCNCc1ccc(OCc2c(Br)c(C)nn2C)c(F)c1. The van der Waals surface area contributed by atoms with Crippen molar-refractivity contribution in [3.8, 4) is 5.75 Å². The highest BCUT2D eigenvalue weighted by Crippen LogP contribution is 2.24. The summed E-state index contributed by atoms with van der Waals surface area (Å²) in [6.07, 6.45) is 0. The van der Waals surface area contributed by atoms with Gasteiger partial charge in [-0.15, -0.1) is 0 Å². The van der Waals surface area contributed by atoms with Crippen LogP contribution in [0.15, 0.2) is 22.7 Å². The standard InChI is InChI=1S/C15H19BrFN3O/c1-4-18-8-11-5-6-14(12(17)7-11)21-9-13-15(16)10(2)19-20(13)3/h5-7,18H,4,8-9H2,1-3H3. The Morgan fingerprint density at radius 1 is 1.43 bits per heavy atom. The van der Waals surface area contributed by atoms with Crippen LogP contribution in [0, 0.1) is 12.7 Å². The van der Waals surface area contributed by atoms with Gasteiger partial charge in [0.15, 0.2) is 11.6 Å². The minimum Gasteiger partial charge on any atom is -0.484 e. The summed E-state index contributed by atoms with van der Waals surface area (Å²) in [5.74, 6) is -0.0959. The monoisotopic (exact) mass is 355 g/mol. The van der Waals surface area contributed by atoms with Gasteiger partial charge in [0.2, 0.25) is 0 Å². The first-order valence-electron chi connectivity index (χ1n) is 6.82. The summed E-state index contributed by atoms with van der Waals surface area (Å²) in [7, 11) is 1.84. The fourth-order valence-electron chi connectivity index (χ4n) is 2.02. The molecule has 0 spiro atoms. The van der Waals surface area contributed by atoms with E-state index < -0.39 is 0 Å². The molecule has 0 atom stereocenters. The number of hydrogen-bond acceptors (Lipinski definition) is 3. The number of halogens is 2. The Balaban J connectivity index is 2.06. The number of ether oxygens (including phenoxy) is 1. The molecule has 0 bridgehead atoms. The van der Waals surface area contributed by atoms with Crippen LogP contribution in [0.1, 0.15) is 23.9 Å². The number of aryl methyl sites for hydroxylation is 2. The van der Waals surface area contributed by atoms with Crippen LogP contribution >= 0.6 is 15.9 Å². The Morgan fingerprint density at radius 3 is 2.76 bits per heavy atom. The predicted octanol–water partition coefficient (Wildman–Crippen LogP) is 3.32. The lowest BCUT2D eigenvalue weighted by Crippen LogP contribution is -2.12. The molecule has 1 aromatic heterocycles. The molecule has 0 amide bonds. The fraction of sp³-hybridized carbons (Fsp3) is 0.400. The van der Waals surface area contributed by atoms with Crippen molar-refractivity contribution in [1.29, 1.82) is 0 Å². The lowest BCUT2D eigenvalue weighted by Gasteiger charge is -2.09. The smallest absolute Gasteiger partial charge is 0.165 e. The minimum atomic E-state index is -0.347. The van der Waals surface area contributed by atoms with Crippen molar-refractivity contribution >= 4 is 15.9 Å². The molecule has 0 aliphatic rings. The van der Waals surface area contributed by atoms with E-state index in [4.69, 9.17) is 4.74 Å².